The highest BCUT2D eigenvalue weighted by Crippen LogP contribution is 2.34. The SMILES string of the molecule is CCNC1CCC(C)CC1Cc1csc2ccccc12. The summed E-state index contributed by atoms with van der Waals surface area (Å²) in [5.74, 6) is 1.69. The maximum Gasteiger partial charge on any atom is 0.0345 e. The first kappa shape index (κ1) is 14.1. The Morgan fingerprint density at radius 1 is 1.25 bits per heavy atom. The van der Waals surface area contributed by atoms with Crippen molar-refractivity contribution < 1.29 is 0 Å². The molecule has 108 valence electrons. The van der Waals surface area contributed by atoms with Crippen LogP contribution in [0.1, 0.15) is 38.7 Å². The minimum atomic E-state index is 0.717. The summed E-state index contributed by atoms with van der Waals surface area (Å²) in [4.78, 5) is 0. The quantitative estimate of drug-likeness (QED) is 0.847. The van der Waals surface area contributed by atoms with Crippen LogP contribution in [0, 0.1) is 11.8 Å². The summed E-state index contributed by atoms with van der Waals surface area (Å²) < 4.78 is 1.44. The van der Waals surface area contributed by atoms with Gasteiger partial charge in [0.15, 0.2) is 0 Å². The standard InChI is InChI=1S/C18H25NS/c1-3-19-17-9-8-13(2)10-14(17)11-15-12-20-18-7-5-4-6-16(15)18/h4-7,12-14,17,19H,3,8-11H2,1-2H3. The van der Waals surface area contributed by atoms with Gasteiger partial charge in [-0.05, 0) is 66.5 Å². The van der Waals surface area contributed by atoms with E-state index in [0.717, 1.165) is 24.4 Å². The summed E-state index contributed by atoms with van der Waals surface area (Å²) in [6.07, 6.45) is 5.36. The molecule has 1 aliphatic rings. The van der Waals surface area contributed by atoms with Crippen molar-refractivity contribution in [2.75, 3.05) is 6.54 Å². The molecule has 0 spiro atoms. The lowest BCUT2D eigenvalue weighted by Gasteiger charge is -2.35. The second kappa shape index (κ2) is 6.28. The van der Waals surface area contributed by atoms with Crippen LogP contribution in [0.25, 0.3) is 10.1 Å². The van der Waals surface area contributed by atoms with Crippen LogP contribution >= 0.6 is 11.3 Å². The maximum atomic E-state index is 3.72. The molecule has 1 aromatic carbocycles. The van der Waals surface area contributed by atoms with Gasteiger partial charge < -0.3 is 5.32 Å². The molecule has 1 heterocycles. The van der Waals surface area contributed by atoms with Crippen LogP contribution in [-0.4, -0.2) is 12.6 Å². The van der Waals surface area contributed by atoms with E-state index in [-0.39, 0.29) is 0 Å². The van der Waals surface area contributed by atoms with Crippen molar-refractivity contribution in [1.82, 2.24) is 5.32 Å². The topological polar surface area (TPSA) is 12.0 Å². The third kappa shape index (κ3) is 2.91. The van der Waals surface area contributed by atoms with Gasteiger partial charge in [-0.2, -0.15) is 0 Å². The molecule has 3 unspecified atom stereocenters. The Labute approximate surface area is 126 Å². The first-order valence-electron chi connectivity index (χ1n) is 7.96. The van der Waals surface area contributed by atoms with Crippen LogP contribution in [-0.2, 0) is 6.42 Å². The molecule has 1 aliphatic carbocycles. The van der Waals surface area contributed by atoms with Crippen molar-refractivity contribution in [3.63, 3.8) is 0 Å². The molecule has 1 nitrogen and oxygen atoms in total. The Morgan fingerprint density at radius 3 is 2.95 bits per heavy atom. The van der Waals surface area contributed by atoms with E-state index in [1.54, 1.807) is 5.56 Å². The molecule has 3 atom stereocenters. The van der Waals surface area contributed by atoms with Crippen LogP contribution in [0.15, 0.2) is 29.6 Å². The Balaban J connectivity index is 1.80. The van der Waals surface area contributed by atoms with Gasteiger partial charge in [-0.1, -0.05) is 32.0 Å². The molecule has 3 rings (SSSR count). The smallest absolute Gasteiger partial charge is 0.0345 e. The van der Waals surface area contributed by atoms with E-state index in [4.69, 9.17) is 0 Å². The first-order chi connectivity index (χ1) is 9.78. The Hall–Kier alpha value is -0.860. The number of hydrogen-bond donors (Lipinski definition) is 1. The lowest BCUT2D eigenvalue weighted by molar-refractivity contribution is 0.214. The van der Waals surface area contributed by atoms with Gasteiger partial charge in [0.2, 0.25) is 0 Å². The van der Waals surface area contributed by atoms with Crippen LogP contribution in [0.2, 0.25) is 0 Å². The molecular weight excluding hydrogens is 262 g/mol. The zero-order chi connectivity index (χ0) is 13.9. The summed E-state index contributed by atoms with van der Waals surface area (Å²) in [6, 6.07) is 9.57. The molecular formula is C18H25NS. The fraction of sp³-hybridized carbons (Fsp3) is 0.556. The van der Waals surface area contributed by atoms with Crippen molar-refractivity contribution >= 4 is 21.4 Å². The van der Waals surface area contributed by atoms with Gasteiger partial charge in [-0.15, -0.1) is 11.3 Å². The second-order valence-corrected chi connectivity index (χ2v) is 7.21. The second-order valence-electron chi connectivity index (χ2n) is 6.30. The van der Waals surface area contributed by atoms with Crippen LogP contribution < -0.4 is 5.32 Å². The molecule has 1 saturated carbocycles. The van der Waals surface area contributed by atoms with E-state index in [2.05, 4.69) is 48.8 Å². The minimum absolute atomic E-state index is 0.717. The van der Waals surface area contributed by atoms with E-state index < -0.39 is 0 Å². The number of fused-ring (bicyclic) bond motifs is 1. The molecule has 1 fully saturated rings. The van der Waals surface area contributed by atoms with Gasteiger partial charge >= 0.3 is 0 Å². The highest BCUT2D eigenvalue weighted by atomic mass is 32.1. The Kier molecular flexibility index (Phi) is 4.42. The van der Waals surface area contributed by atoms with Gasteiger partial charge in [-0.3, -0.25) is 0 Å². The highest BCUT2D eigenvalue weighted by Gasteiger charge is 2.28. The van der Waals surface area contributed by atoms with Gasteiger partial charge in [-0.25, -0.2) is 0 Å². The van der Waals surface area contributed by atoms with Crippen molar-refractivity contribution in [2.24, 2.45) is 11.8 Å². The number of thiophene rings is 1. The van der Waals surface area contributed by atoms with Crippen LogP contribution in [0.3, 0.4) is 0 Å². The Bertz CT molecular complexity index is 559. The average molecular weight is 287 g/mol. The largest absolute Gasteiger partial charge is 0.314 e. The monoisotopic (exact) mass is 287 g/mol. The van der Waals surface area contributed by atoms with Crippen LogP contribution in [0.4, 0.5) is 0 Å². The van der Waals surface area contributed by atoms with E-state index in [0.29, 0.717) is 0 Å². The fourth-order valence-corrected chi connectivity index (χ4v) is 4.70. The van der Waals surface area contributed by atoms with E-state index in [9.17, 15) is 0 Å². The molecule has 0 saturated heterocycles. The van der Waals surface area contributed by atoms with Gasteiger partial charge in [0.05, 0.1) is 0 Å². The molecule has 0 radical (unpaired) electrons. The highest BCUT2D eigenvalue weighted by molar-refractivity contribution is 7.17. The van der Waals surface area contributed by atoms with Crippen LogP contribution in [0.5, 0.6) is 0 Å². The summed E-state index contributed by atoms with van der Waals surface area (Å²) in [6.45, 7) is 5.75. The molecule has 0 bridgehead atoms. The lowest BCUT2D eigenvalue weighted by atomic mass is 9.76. The molecule has 20 heavy (non-hydrogen) atoms. The average Bonchev–Trinajstić information content (AvgIpc) is 2.86. The summed E-state index contributed by atoms with van der Waals surface area (Å²) in [7, 11) is 0. The van der Waals surface area contributed by atoms with Gasteiger partial charge in [0.1, 0.15) is 0 Å². The molecule has 0 aliphatic heterocycles. The van der Waals surface area contributed by atoms with Crippen molar-refractivity contribution in [3.05, 3.63) is 35.2 Å². The zero-order valence-electron chi connectivity index (χ0n) is 12.6. The van der Waals surface area contributed by atoms with E-state index in [1.165, 1.54) is 35.8 Å². The molecule has 2 heteroatoms. The zero-order valence-corrected chi connectivity index (χ0v) is 13.4. The minimum Gasteiger partial charge on any atom is -0.314 e. The normalized spacial score (nSPS) is 27.0. The molecule has 1 N–H and O–H groups in total. The van der Waals surface area contributed by atoms with E-state index >= 15 is 0 Å². The number of nitrogens with one attached hydrogen (secondary N) is 1. The first-order valence-corrected chi connectivity index (χ1v) is 8.84. The predicted octanol–water partition coefficient (Wildman–Crippen LogP) is 4.86. The maximum absolute atomic E-state index is 3.72. The third-order valence-corrected chi connectivity index (χ3v) is 5.77. The summed E-state index contributed by atoms with van der Waals surface area (Å²) >= 11 is 1.90. The number of benzene rings is 1. The summed E-state index contributed by atoms with van der Waals surface area (Å²) in [5, 5.41) is 7.58. The summed E-state index contributed by atoms with van der Waals surface area (Å²) in [5.41, 5.74) is 1.56. The number of hydrogen-bond acceptors (Lipinski definition) is 2. The molecule has 2 aromatic rings. The van der Waals surface area contributed by atoms with Gasteiger partial charge in [0, 0.05) is 10.7 Å². The predicted molar refractivity (Wildman–Crippen MR) is 89.5 cm³/mol. The lowest BCUT2D eigenvalue weighted by Crippen LogP contribution is -2.41. The number of rotatable bonds is 4. The fourth-order valence-electron chi connectivity index (χ4n) is 3.73. The van der Waals surface area contributed by atoms with Crippen molar-refractivity contribution in [3.8, 4) is 0 Å². The Morgan fingerprint density at radius 2 is 2.10 bits per heavy atom. The molecule has 1 aromatic heterocycles. The van der Waals surface area contributed by atoms with Crippen molar-refractivity contribution in [2.45, 2.75) is 45.6 Å². The van der Waals surface area contributed by atoms with E-state index in [1.807, 2.05) is 11.3 Å². The molecule has 0 amide bonds. The van der Waals surface area contributed by atoms with Crippen molar-refractivity contribution in [1.29, 1.82) is 0 Å². The van der Waals surface area contributed by atoms with Gasteiger partial charge in [0.25, 0.3) is 0 Å². The third-order valence-electron chi connectivity index (χ3n) is 4.75.